The highest BCUT2D eigenvalue weighted by atomic mass is 16.5. The van der Waals surface area contributed by atoms with Crippen LogP contribution in [0.2, 0.25) is 0 Å². The lowest BCUT2D eigenvalue weighted by molar-refractivity contribution is -0.118. The number of nitrogens with one attached hydrogen (secondary N) is 1. The number of amides is 1. The van der Waals surface area contributed by atoms with Crippen molar-refractivity contribution >= 4 is 22.5 Å². The molecule has 0 bridgehead atoms. The van der Waals surface area contributed by atoms with Crippen LogP contribution in [0.5, 0.6) is 0 Å². The monoisotopic (exact) mass is 350 g/mol. The molecule has 3 aromatic rings. The Kier molecular flexibility index (Phi) is 4.76. The first kappa shape index (κ1) is 16.5. The van der Waals surface area contributed by atoms with Gasteiger partial charge in [-0.15, -0.1) is 5.10 Å². The predicted molar refractivity (Wildman–Crippen MR) is 96.5 cm³/mol. The maximum Gasteiger partial charge on any atom is 0.239 e. The fraction of sp³-hybridized carbons (Fsp3) is 0.278. The van der Waals surface area contributed by atoms with Crippen LogP contribution < -0.4 is 5.32 Å². The Morgan fingerprint density at radius 2 is 1.96 bits per heavy atom. The van der Waals surface area contributed by atoms with Gasteiger partial charge in [0.2, 0.25) is 5.91 Å². The number of hydrogen-bond acceptors (Lipinski definition) is 7. The third-order valence-corrected chi connectivity index (χ3v) is 4.18. The second kappa shape index (κ2) is 7.51. The number of morpholine rings is 1. The first-order valence-electron chi connectivity index (χ1n) is 8.42. The third-order valence-electron chi connectivity index (χ3n) is 4.18. The summed E-state index contributed by atoms with van der Waals surface area (Å²) in [5.41, 5.74) is 1.42. The normalized spacial score (nSPS) is 15.1. The lowest BCUT2D eigenvalue weighted by Crippen LogP contribution is -2.41. The Morgan fingerprint density at radius 1 is 1.12 bits per heavy atom. The van der Waals surface area contributed by atoms with E-state index in [9.17, 15) is 4.79 Å². The molecule has 0 radical (unpaired) electrons. The second-order valence-electron chi connectivity index (χ2n) is 6.03. The van der Waals surface area contributed by atoms with E-state index in [1.807, 2.05) is 24.3 Å². The molecule has 1 N–H and O–H groups in total. The first-order chi connectivity index (χ1) is 12.8. The van der Waals surface area contributed by atoms with Crippen molar-refractivity contribution in [1.82, 2.24) is 25.1 Å². The van der Waals surface area contributed by atoms with Crippen LogP contribution in [0.1, 0.15) is 0 Å². The zero-order valence-corrected chi connectivity index (χ0v) is 14.1. The zero-order valence-electron chi connectivity index (χ0n) is 14.1. The Balaban J connectivity index is 1.51. The van der Waals surface area contributed by atoms with E-state index in [1.165, 1.54) is 0 Å². The van der Waals surface area contributed by atoms with Gasteiger partial charge in [-0.25, -0.2) is 4.98 Å². The minimum Gasteiger partial charge on any atom is -0.379 e. The van der Waals surface area contributed by atoms with E-state index in [0.717, 1.165) is 29.6 Å². The largest absolute Gasteiger partial charge is 0.379 e. The molecule has 8 heteroatoms. The molecule has 0 atom stereocenters. The quantitative estimate of drug-likeness (QED) is 0.759. The van der Waals surface area contributed by atoms with E-state index in [2.05, 4.69) is 30.4 Å². The Hall–Kier alpha value is -2.97. The van der Waals surface area contributed by atoms with Gasteiger partial charge in [0.1, 0.15) is 11.5 Å². The number of carbonyl (C=O) groups is 1. The summed E-state index contributed by atoms with van der Waals surface area (Å²) >= 11 is 0. The van der Waals surface area contributed by atoms with Gasteiger partial charge in [-0.3, -0.25) is 14.7 Å². The molecule has 1 saturated heterocycles. The highest BCUT2D eigenvalue weighted by Gasteiger charge is 2.14. The molecule has 1 amide bonds. The lowest BCUT2D eigenvalue weighted by atomic mass is 10.1. The topological polar surface area (TPSA) is 93.1 Å². The maximum absolute atomic E-state index is 12.2. The molecule has 0 aliphatic carbocycles. The van der Waals surface area contributed by atoms with Crippen LogP contribution in [0.4, 0.5) is 5.82 Å². The Morgan fingerprint density at radius 3 is 2.77 bits per heavy atom. The number of carbonyl (C=O) groups excluding carboxylic acids is 1. The standard InChI is InChI=1S/C18H18N6O2/c25-18(12-24-4-6-26-7-5-24)22-17-9-13-8-16(15-2-1-3-21-23-15)19-10-14(13)11-20-17/h1-3,8-11H,4-7,12H2,(H,20,22,25). The van der Waals surface area contributed by atoms with Crippen molar-refractivity contribution < 1.29 is 9.53 Å². The Labute approximate surface area is 150 Å². The molecular formula is C18H18N6O2. The molecule has 4 rings (SSSR count). The smallest absolute Gasteiger partial charge is 0.239 e. The average Bonchev–Trinajstić information content (AvgIpc) is 2.69. The van der Waals surface area contributed by atoms with Gasteiger partial charge in [-0.1, -0.05) is 0 Å². The number of pyridine rings is 2. The lowest BCUT2D eigenvalue weighted by Gasteiger charge is -2.25. The van der Waals surface area contributed by atoms with Gasteiger partial charge in [-0.2, -0.15) is 5.10 Å². The summed E-state index contributed by atoms with van der Waals surface area (Å²) in [6.07, 6.45) is 5.06. The van der Waals surface area contributed by atoms with Gasteiger partial charge in [-0.05, 0) is 29.7 Å². The highest BCUT2D eigenvalue weighted by molar-refractivity contribution is 5.94. The van der Waals surface area contributed by atoms with Crippen molar-refractivity contribution in [3.63, 3.8) is 0 Å². The number of hydrogen-bond donors (Lipinski definition) is 1. The maximum atomic E-state index is 12.2. The van der Waals surface area contributed by atoms with Crippen molar-refractivity contribution in [2.24, 2.45) is 0 Å². The minimum absolute atomic E-state index is 0.0815. The molecule has 1 fully saturated rings. The van der Waals surface area contributed by atoms with Crippen LogP contribution in [0.25, 0.3) is 22.2 Å². The van der Waals surface area contributed by atoms with E-state index >= 15 is 0 Å². The average molecular weight is 350 g/mol. The molecule has 4 heterocycles. The second-order valence-corrected chi connectivity index (χ2v) is 6.03. The number of ether oxygens (including phenoxy) is 1. The van der Waals surface area contributed by atoms with Crippen molar-refractivity contribution in [3.8, 4) is 11.4 Å². The van der Waals surface area contributed by atoms with E-state index in [1.54, 1.807) is 18.6 Å². The summed E-state index contributed by atoms with van der Waals surface area (Å²) in [6.45, 7) is 3.21. The van der Waals surface area contributed by atoms with Crippen molar-refractivity contribution in [1.29, 1.82) is 0 Å². The minimum atomic E-state index is -0.0815. The molecule has 0 saturated carbocycles. The van der Waals surface area contributed by atoms with Crippen molar-refractivity contribution in [2.75, 3.05) is 38.2 Å². The molecule has 0 spiro atoms. The molecule has 0 unspecified atom stereocenters. The number of nitrogens with zero attached hydrogens (tertiary/aromatic N) is 5. The number of anilines is 1. The van der Waals surface area contributed by atoms with E-state index in [4.69, 9.17) is 4.74 Å². The van der Waals surface area contributed by atoms with Crippen LogP contribution in [-0.4, -0.2) is 63.8 Å². The van der Waals surface area contributed by atoms with Crippen molar-refractivity contribution in [3.05, 3.63) is 42.9 Å². The van der Waals surface area contributed by atoms with Gasteiger partial charge in [0.15, 0.2) is 0 Å². The molecule has 3 aromatic heterocycles. The fourth-order valence-corrected chi connectivity index (χ4v) is 2.83. The first-order valence-corrected chi connectivity index (χ1v) is 8.42. The molecule has 26 heavy (non-hydrogen) atoms. The molecule has 1 aliphatic rings. The Bertz CT molecular complexity index is 912. The summed E-state index contributed by atoms with van der Waals surface area (Å²) in [4.78, 5) is 23.0. The van der Waals surface area contributed by atoms with Crippen LogP contribution in [0.15, 0.2) is 42.9 Å². The summed E-state index contributed by atoms with van der Waals surface area (Å²) < 4.78 is 5.29. The predicted octanol–water partition coefficient (Wildman–Crippen LogP) is 1.36. The zero-order chi connectivity index (χ0) is 17.8. The van der Waals surface area contributed by atoms with Gasteiger partial charge >= 0.3 is 0 Å². The molecule has 8 nitrogen and oxygen atoms in total. The fourth-order valence-electron chi connectivity index (χ4n) is 2.83. The molecule has 0 aromatic carbocycles. The summed E-state index contributed by atoms with van der Waals surface area (Å²) in [5, 5.41) is 12.6. The van der Waals surface area contributed by atoms with Gasteiger partial charge < -0.3 is 10.1 Å². The van der Waals surface area contributed by atoms with Crippen LogP contribution in [0, 0.1) is 0 Å². The van der Waals surface area contributed by atoms with Crippen LogP contribution in [0.3, 0.4) is 0 Å². The SMILES string of the molecule is O=C(CN1CCOCC1)Nc1cc2cc(-c3cccnn3)ncc2cn1. The van der Waals surface area contributed by atoms with Gasteiger partial charge in [0, 0.05) is 37.1 Å². The molecule has 132 valence electrons. The number of rotatable bonds is 4. The van der Waals surface area contributed by atoms with E-state index in [0.29, 0.717) is 31.3 Å². The van der Waals surface area contributed by atoms with Gasteiger partial charge in [0.25, 0.3) is 0 Å². The van der Waals surface area contributed by atoms with Crippen molar-refractivity contribution in [2.45, 2.75) is 0 Å². The van der Waals surface area contributed by atoms with Gasteiger partial charge in [0.05, 0.1) is 25.5 Å². The summed E-state index contributed by atoms with van der Waals surface area (Å²) in [6, 6.07) is 7.43. The summed E-state index contributed by atoms with van der Waals surface area (Å²) in [5.74, 6) is 0.439. The van der Waals surface area contributed by atoms with Crippen LogP contribution in [-0.2, 0) is 9.53 Å². The molecule has 1 aliphatic heterocycles. The third kappa shape index (κ3) is 3.81. The highest BCUT2D eigenvalue weighted by Crippen LogP contribution is 2.21. The number of fused-ring (bicyclic) bond motifs is 1. The summed E-state index contributed by atoms with van der Waals surface area (Å²) in [7, 11) is 0. The molecular weight excluding hydrogens is 332 g/mol. The number of aromatic nitrogens is 4. The van der Waals surface area contributed by atoms with E-state index < -0.39 is 0 Å². The van der Waals surface area contributed by atoms with Crippen LogP contribution >= 0.6 is 0 Å². The van der Waals surface area contributed by atoms with E-state index in [-0.39, 0.29) is 5.91 Å².